The van der Waals surface area contributed by atoms with Crippen molar-refractivity contribution in [3.05, 3.63) is 53.1 Å². The number of carbonyl (C=O) groups is 1. The Hall–Kier alpha value is -2.62. The number of aliphatic imine (C=N–C) groups is 1. The van der Waals surface area contributed by atoms with Gasteiger partial charge in [0, 0.05) is 11.1 Å². The van der Waals surface area contributed by atoms with Crippen LogP contribution in [0.5, 0.6) is 5.75 Å². The average Bonchev–Trinajstić information content (AvgIpc) is 2.86. The first-order valence-electron chi connectivity index (χ1n) is 9.04. The van der Waals surface area contributed by atoms with Crippen LogP contribution in [0, 0.1) is 6.92 Å². The first-order chi connectivity index (χ1) is 12.3. The average molecular weight is 348 g/mol. The number of benzene rings is 2. The maximum absolute atomic E-state index is 13.3. The number of hydrogen-bond acceptors (Lipinski definition) is 3. The van der Waals surface area contributed by atoms with Crippen LogP contribution >= 0.6 is 0 Å². The summed E-state index contributed by atoms with van der Waals surface area (Å²) in [4.78, 5) is 20.0. The Morgan fingerprint density at radius 1 is 1.19 bits per heavy atom. The number of anilines is 1. The standard InChI is InChI=1S/C22H24N2O2/c1-13-10-17-14(2)12-22(3,4)24-20(17)18(11-13)19(21(24)25)23-15-6-8-16(26-5)9-7-15/h6-11,14H,12H2,1-5H3/t14-/m1/s1. The van der Waals surface area contributed by atoms with Crippen molar-refractivity contribution in [1.29, 1.82) is 0 Å². The highest BCUT2D eigenvalue weighted by Gasteiger charge is 2.47. The van der Waals surface area contributed by atoms with Crippen molar-refractivity contribution in [1.82, 2.24) is 0 Å². The van der Waals surface area contributed by atoms with Crippen LogP contribution in [-0.4, -0.2) is 24.3 Å². The molecule has 0 radical (unpaired) electrons. The molecule has 2 aliphatic heterocycles. The molecule has 4 nitrogen and oxygen atoms in total. The summed E-state index contributed by atoms with van der Waals surface area (Å²) >= 11 is 0. The van der Waals surface area contributed by atoms with Crippen LogP contribution < -0.4 is 9.64 Å². The highest BCUT2D eigenvalue weighted by molar-refractivity contribution is 6.55. The Morgan fingerprint density at radius 3 is 2.54 bits per heavy atom. The van der Waals surface area contributed by atoms with Gasteiger partial charge in [0.1, 0.15) is 11.5 Å². The fourth-order valence-electron chi connectivity index (χ4n) is 4.36. The van der Waals surface area contributed by atoms with E-state index in [0.29, 0.717) is 11.6 Å². The van der Waals surface area contributed by atoms with Crippen LogP contribution in [0.15, 0.2) is 41.4 Å². The van der Waals surface area contributed by atoms with Crippen LogP contribution in [-0.2, 0) is 4.79 Å². The lowest BCUT2D eigenvalue weighted by Crippen LogP contribution is -2.50. The second-order valence-corrected chi connectivity index (χ2v) is 7.97. The molecule has 0 aliphatic carbocycles. The molecule has 0 spiro atoms. The third kappa shape index (κ3) is 2.44. The molecule has 26 heavy (non-hydrogen) atoms. The van der Waals surface area contributed by atoms with Gasteiger partial charge in [0.25, 0.3) is 5.91 Å². The van der Waals surface area contributed by atoms with E-state index in [0.717, 1.165) is 29.1 Å². The van der Waals surface area contributed by atoms with Gasteiger partial charge in [-0.05, 0) is 69.0 Å². The van der Waals surface area contributed by atoms with Gasteiger partial charge in [-0.1, -0.05) is 18.6 Å². The van der Waals surface area contributed by atoms with Gasteiger partial charge < -0.3 is 9.64 Å². The summed E-state index contributed by atoms with van der Waals surface area (Å²) in [6.07, 6.45) is 0.949. The quantitative estimate of drug-likeness (QED) is 0.785. The van der Waals surface area contributed by atoms with Gasteiger partial charge in [-0.2, -0.15) is 0 Å². The molecule has 0 aromatic heterocycles. The van der Waals surface area contributed by atoms with E-state index in [1.54, 1.807) is 7.11 Å². The molecule has 0 unspecified atom stereocenters. The number of carbonyl (C=O) groups excluding carboxylic acids is 1. The lowest BCUT2D eigenvalue weighted by atomic mass is 9.80. The Morgan fingerprint density at radius 2 is 1.88 bits per heavy atom. The largest absolute Gasteiger partial charge is 0.497 e. The number of nitrogens with zero attached hydrogens (tertiary/aromatic N) is 2. The van der Waals surface area contributed by atoms with Gasteiger partial charge in [-0.3, -0.25) is 4.79 Å². The van der Waals surface area contributed by atoms with E-state index in [2.05, 4.69) is 39.8 Å². The smallest absolute Gasteiger partial charge is 0.278 e. The minimum atomic E-state index is -0.218. The zero-order valence-corrected chi connectivity index (χ0v) is 16.0. The van der Waals surface area contributed by atoms with Gasteiger partial charge in [0.15, 0.2) is 0 Å². The van der Waals surface area contributed by atoms with E-state index in [9.17, 15) is 4.79 Å². The Kier molecular flexibility index (Phi) is 3.69. The second kappa shape index (κ2) is 5.70. The van der Waals surface area contributed by atoms with E-state index >= 15 is 0 Å². The molecule has 4 heteroatoms. The fourth-order valence-corrected chi connectivity index (χ4v) is 4.36. The van der Waals surface area contributed by atoms with Crippen molar-refractivity contribution in [2.24, 2.45) is 4.99 Å². The van der Waals surface area contributed by atoms with Gasteiger partial charge in [-0.15, -0.1) is 0 Å². The molecule has 4 rings (SSSR count). The minimum Gasteiger partial charge on any atom is -0.497 e. The molecule has 2 aromatic rings. The van der Waals surface area contributed by atoms with Crippen LogP contribution in [0.3, 0.4) is 0 Å². The molecule has 0 saturated carbocycles. The number of amides is 1. The number of aryl methyl sites for hydroxylation is 1. The molecule has 134 valence electrons. The number of ether oxygens (including phenoxy) is 1. The van der Waals surface area contributed by atoms with Crippen molar-refractivity contribution in [2.75, 3.05) is 12.0 Å². The third-order valence-corrected chi connectivity index (χ3v) is 5.42. The number of methoxy groups -OCH3 is 1. The first-order valence-corrected chi connectivity index (χ1v) is 9.04. The fraction of sp³-hybridized carbons (Fsp3) is 0.364. The Balaban J connectivity index is 1.91. The molecular weight excluding hydrogens is 324 g/mol. The zero-order valence-electron chi connectivity index (χ0n) is 16.0. The van der Waals surface area contributed by atoms with Crippen molar-refractivity contribution >= 4 is 23.0 Å². The van der Waals surface area contributed by atoms with Crippen molar-refractivity contribution in [2.45, 2.75) is 45.6 Å². The van der Waals surface area contributed by atoms with Crippen molar-refractivity contribution in [3.8, 4) is 5.75 Å². The summed E-state index contributed by atoms with van der Waals surface area (Å²) in [5, 5.41) is 0. The van der Waals surface area contributed by atoms with Gasteiger partial charge in [-0.25, -0.2) is 4.99 Å². The summed E-state index contributed by atoms with van der Waals surface area (Å²) in [5.74, 6) is 1.20. The summed E-state index contributed by atoms with van der Waals surface area (Å²) in [6.45, 7) is 8.62. The molecule has 0 fully saturated rings. The molecule has 1 atom stereocenters. The van der Waals surface area contributed by atoms with Crippen LogP contribution in [0.1, 0.15) is 49.8 Å². The van der Waals surface area contributed by atoms with Gasteiger partial charge in [0.2, 0.25) is 0 Å². The molecule has 0 saturated heterocycles. The topological polar surface area (TPSA) is 41.9 Å². The van der Waals surface area contributed by atoms with E-state index in [1.807, 2.05) is 29.2 Å². The monoisotopic (exact) mass is 348 g/mol. The predicted molar refractivity (Wildman–Crippen MR) is 105 cm³/mol. The maximum atomic E-state index is 13.3. The normalized spacial score (nSPS) is 21.9. The highest BCUT2D eigenvalue weighted by atomic mass is 16.5. The molecular formula is C22H24N2O2. The van der Waals surface area contributed by atoms with E-state index < -0.39 is 0 Å². The van der Waals surface area contributed by atoms with E-state index in [-0.39, 0.29) is 11.4 Å². The minimum absolute atomic E-state index is 0.000400. The summed E-state index contributed by atoms with van der Waals surface area (Å²) in [6, 6.07) is 11.8. The lowest BCUT2D eigenvalue weighted by Gasteiger charge is -2.43. The summed E-state index contributed by atoms with van der Waals surface area (Å²) in [5.41, 5.74) is 5.52. The van der Waals surface area contributed by atoms with Crippen LogP contribution in [0.25, 0.3) is 0 Å². The first kappa shape index (κ1) is 16.8. The molecule has 2 aromatic carbocycles. The number of hydrogen-bond donors (Lipinski definition) is 0. The zero-order chi connectivity index (χ0) is 18.6. The van der Waals surface area contributed by atoms with Gasteiger partial charge in [0.05, 0.1) is 18.5 Å². The molecule has 2 heterocycles. The van der Waals surface area contributed by atoms with E-state index in [4.69, 9.17) is 9.73 Å². The van der Waals surface area contributed by atoms with Gasteiger partial charge >= 0.3 is 0 Å². The Labute approximate surface area is 154 Å². The van der Waals surface area contributed by atoms with Crippen LogP contribution in [0.4, 0.5) is 11.4 Å². The Bertz CT molecular complexity index is 926. The molecule has 1 amide bonds. The van der Waals surface area contributed by atoms with Crippen LogP contribution in [0.2, 0.25) is 0 Å². The second-order valence-electron chi connectivity index (χ2n) is 7.97. The van der Waals surface area contributed by atoms with E-state index in [1.165, 1.54) is 11.1 Å². The molecule has 0 bridgehead atoms. The predicted octanol–water partition coefficient (Wildman–Crippen LogP) is 4.76. The van der Waals surface area contributed by atoms with Crippen molar-refractivity contribution in [3.63, 3.8) is 0 Å². The number of rotatable bonds is 2. The summed E-state index contributed by atoms with van der Waals surface area (Å²) in [7, 11) is 1.64. The highest BCUT2D eigenvalue weighted by Crippen LogP contribution is 2.49. The maximum Gasteiger partial charge on any atom is 0.278 e. The lowest BCUT2D eigenvalue weighted by molar-refractivity contribution is -0.113. The summed E-state index contributed by atoms with van der Waals surface area (Å²) < 4.78 is 5.21. The molecule has 0 N–H and O–H groups in total. The SMILES string of the molecule is COc1ccc(N=C2C(=O)N3c4c2cc(C)cc4[C@H](C)CC3(C)C)cc1. The third-order valence-electron chi connectivity index (χ3n) is 5.42. The van der Waals surface area contributed by atoms with Crippen molar-refractivity contribution < 1.29 is 9.53 Å². The molecule has 2 aliphatic rings.